The lowest BCUT2D eigenvalue weighted by Gasteiger charge is -2.13. The van der Waals surface area contributed by atoms with Gasteiger partial charge in [0.25, 0.3) is 0 Å². The van der Waals surface area contributed by atoms with Crippen molar-refractivity contribution in [3.8, 4) is 0 Å². The Balaban J connectivity index is 0.000000629. The van der Waals surface area contributed by atoms with Crippen LogP contribution in [0.1, 0.15) is 58.3 Å². The zero-order valence-corrected chi connectivity index (χ0v) is 24.2. The van der Waals surface area contributed by atoms with E-state index < -0.39 is 24.3 Å². The molecule has 0 radical (unpaired) electrons. The number of nitrogens with two attached hydrogens (primary N) is 2. The number of nitrogens with zero attached hydrogens (tertiary/aromatic N) is 3. The first kappa shape index (κ1) is 38.7. The van der Waals surface area contributed by atoms with Crippen LogP contribution >= 0.6 is 0 Å². The maximum absolute atomic E-state index is 12.9. The summed E-state index contributed by atoms with van der Waals surface area (Å²) in [6.45, 7) is 3.02. The van der Waals surface area contributed by atoms with Gasteiger partial charge in [0.15, 0.2) is 0 Å². The third-order valence-electron chi connectivity index (χ3n) is 5.62. The summed E-state index contributed by atoms with van der Waals surface area (Å²) in [7, 11) is 0. The summed E-state index contributed by atoms with van der Waals surface area (Å²) in [6, 6.07) is 17.7. The van der Waals surface area contributed by atoms with Crippen LogP contribution in [0, 0.1) is 0 Å². The maximum Gasteiger partial charge on any atom is 0.490 e. The van der Waals surface area contributed by atoms with Crippen LogP contribution in [0.5, 0.6) is 0 Å². The van der Waals surface area contributed by atoms with Crippen LogP contribution in [-0.2, 0) is 20.9 Å². The van der Waals surface area contributed by atoms with Crippen molar-refractivity contribution in [2.45, 2.75) is 44.6 Å². The molecule has 0 aliphatic heterocycles. The van der Waals surface area contributed by atoms with Crippen molar-refractivity contribution in [3.63, 3.8) is 0 Å². The Morgan fingerprint density at radius 1 is 0.913 bits per heavy atom. The number of carbonyl (C=O) groups excluding carboxylic acids is 1. The van der Waals surface area contributed by atoms with E-state index in [1.807, 2.05) is 71.6 Å². The van der Waals surface area contributed by atoms with Crippen LogP contribution in [-0.4, -0.2) is 64.1 Å². The number of halogens is 6. The number of esters is 1. The predicted octanol–water partition coefficient (Wildman–Crippen LogP) is 5.13. The topological polar surface area (TPSA) is 183 Å². The van der Waals surface area contributed by atoms with Gasteiger partial charge in [0.1, 0.15) is 0 Å². The smallest absolute Gasteiger partial charge is 0.475 e. The molecule has 17 heteroatoms. The number of carboxylic acids is 2. The van der Waals surface area contributed by atoms with Crippen molar-refractivity contribution < 1.29 is 55.7 Å². The van der Waals surface area contributed by atoms with E-state index in [2.05, 4.69) is 17.1 Å². The molecule has 11 nitrogen and oxygen atoms in total. The Morgan fingerprint density at radius 2 is 1.50 bits per heavy atom. The summed E-state index contributed by atoms with van der Waals surface area (Å²) in [5.74, 6) is 4.67. The van der Waals surface area contributed by atoms with Crippen LogP contribution in [0.25, 0.3) is 0 Å². The highest BCUT2D eigenvalue weighted by Gasteiger charge is 2.38. The molecule has 0 aliphatic carbocycles. The number of hydrogen-bond donors (Lipinski definition) is 4. The van der Waals surface area contributed by atoms with E-state index in [4.69, 9.17) is 36.2 Å². The number of carbonyl (C=O) groups is 3. The highest BCUT2D eigenvalue weighted by atomic mass is 19.4. The van der Waals surface area contributed by atoms with Crippen LogP contribution < -0.4 is 11.7 Å². The normalized spacial score (nSPS) is 12.1. The van der Waals surface area contributed by atoms with Gasteiger partial charge in [0.05, 0.1) is 18.4 Å². The number of rotatable bonds is 10. The van der Waals surface area contributed by atoms with Crippen molar-refractivity contribution >= 4 is 30.3 Å². The van der Waals surface area contributed by atoms with Crippen LogP contribution in [0.15, 0.2) is 77.2 Å². The summed E-state index contributed by atoms with van der Waals surface area (Å²) < 4.78 is 71.0. The number of alkyl halides is 6. The summed E-state index contributed by atoms with van der Waals surface area (Å²) in [5.41, 5.74) is 4.26. The van der Waals surface area contributed by atoms with Crippen molar-refractivity contribution in [2.75, 3.05) is 6.61 Å². The maximum atomic E-state index is 12.9. The van der Waals surface area contributed by atoms with E-state index >= 15 is 0 Å². The molecule has 1 unspecified atom stereocenters. The molecule has 1 aromatic heterocycles. The van der Waals surface area contributed by atoms with Gasteiger partial charge in [-0.15, -0.1) is 0 Å². The summed E-state index contributed by atoms with van der Waals surface area (Å²) in [6.07, 6.45) is -1.35. The van der Waals surface area contributed by atoms with Crippen LogP contribution in [0.2, 0.25) is 0 Å². The Kier molecular flexibility index (Phi) is 15.5. The number of ether oxygens (including phenoxy) is 1. The first-order valence-electron chi connectivity index (χ1n) is 13.1. The van der Waals surface area contributed by atoms with Gasteiger partial charge in [0.2, 0.25) is 0 Å². The average Bonchev–Trinajstić information content (AvgIpc) is 3.40. The molecule has 0 spiro atoms. The van der Waals surface area contributed by atoms with E-state index in [1.54, 1.807) is 12.4 Å². The fraction of sp³-hybridized carbons (Fsp3) is 0.276. The third kappa shape index (κ3) is 13.5. The zero-order chi connectivity index (χ0) is 34.9. The lowest BCUT2D eigenvalue weighted by molar-refractivity contribution is -0.193. The van der Waals surface area contributed by atoms with Gasteiger partial charge in [-0.3, -0.25) is 0 Å². The Morgan fingerprint density at radius 3 is 2.00 bits per heavy atom. The molecule has 0 amide bonds. The second-order valence-electron chi connectivity index (χ2n) is 9.10. The van der Waals surface area contributed by atoms with Gasteiger partial charge in [0, 0.05) is 31.1 Å². The van der Waals surface area contributed by atoms with Gasteiger partial charge in [-0.05, 0) is 34.7 Å². The number of hydrogen-bond acceptors (Lipinski definition) is 8. The quantitative estimate of drug-likeness (QED) is 0.0577. The average molecular weight is 660 g/mol. The standard InChI is InChI=1S/C25H29N5O2.2C2HF3O2/c1-2-3-12-32-25(31)24-18-30(16-20-9-7-8-19(13-20)14-28-26)17-23(24)22(15-29-27)21-10-5-4-6-11-21;2*3-2(4,5)1(6)7/h4-11,13-15,17-18,22H,2-3,12,16,26-27H2,1H3;2*(H,6,7). The summed E-state index contributed by atoms with van der Waals surface area (Å²) in [4.78, 5) is 30.7. The minimum atomic E-state index is -5.08. The molecule has 0 fully saturated rings. The fourth-order valence-corrected chi connectivity index (χ4v) is 3.58. The zero-order valence-electron chi connectivity index (χ0n) is 24.2. The van der Waals surface area contributed by atoms with Crippen molar-refractivity contribution in [3.05, 3.63) is 94.8 Å². The lowest BCUT2D eigenvalue weighted by atomic mass is 9.92. The molecule has 0 saturated carbocycles. The Labute approximate surface area is 258 Å². The first-order chi connectivity index (χ1) is 21.5. The first-order valence-corrected chi connectivity index (χ1v) is 13.1. The molecule has 1 heterocycles. The molecule has 6 N–H and O–H groups in total. The van der Waals surface area contributed by atoms with E-state index in [-0.39, 0.29) is 11.9 Å². The fourth-order valence-electron chi connectivity index (χ4n) is 3.58. The molecule has 3 aromatic rings. The highest BCUT2D eigenvalue weighted by molar-refractivity contribution is 5.93. The van der Waals surface area contributed by atoms with Gasteiger partial charge < -0.3 is 31.2 Å². The molecular weight excluding hydrogens is 628 g/mol. The predicted molar refractivity (Wildman–Crippen MR) is 155 cm³/mol. The SMILES string of the molecule is CCCCOC(=O)c1cn(Cc2cccc(C=NN)c2)cc1C(C=NN)c1ccccc1.O=C(O)C(F)(F)F.O=C(O)C(F)(F)F. The summed E-state index contributed by atoms with van der Waals surface area (Å²) >= 11 is 0. The Hall–Kier alpha value is -5.35. The minimum absolute atomic E-state index is 0.271. The van der Waals surface area contributed by atoms with Crippen LogP contribution in [0.3, 0.4) is 0 Å². The number of hydrazone groups is 2. The number of carboxylic acid groups (broad SMARTS) is 2. The van der Waals surface area contributed by atoms with E-state index in [0.29, 0.717) is 18.7 Å². The van der Waals surface area contributed by atoms with Crippen LogP contribution in [0.4, 0.5) is 26.3 Å². The minimum Gasteiger partial charge on any atom is -0.475 e. The third-order valence-corrected chi connectivity index (χ3v) is 5.62. The van der Waals surface area contributed by atoms with Gasteiger partial charge in [-0.2, -0.15) is 36.5 Å². The monoisotopic (exact) mass is 659 g/mol. The second-order valence-corrected chi connectivity index (χ2v) is 9.10. The molecule has 2 aromatic carbocycles. The molecular formula is C29H31F6N5O6. The molecule has 3 rings (SSSR count). The highest BCUT2D eigenvalue weighted by Crippen LogP contribution is 2.28. The van der Waals surface area contributed by atoms with Crippen molar-refractivity contribution in [1.29, 1.82) is 0 Å². The molecule has 46 heavy (non-hydrogen) atoms. The molecule has 1 atom stereocenters. The summed E-state index contributed by atoms with van der Waals surface area (Å²) in [5, 5.41) is 21.6. The van der Waals surface area contributed by atoms with Crippen molar-refractivity contribution in [1.82, 2.24) is 4.57 Å². The second kappa shape index (κ2) is 18.5. The molecule has 0 aliphatic rings. The molecule has 250 valence electrons. The lowest BCUT2D eigenvalue weighted by Crippen LogP contribution is -2.21. The van der Waals surface area contributed by atoms with Crippen molar-refractivity contribution in [2.24, 2.45) is 21.9 Å². The number of aromatic nitrogens is 1. The largest absolute Gasteiger partial charge is 0.490 e. The molecule has 0 saturated heterocycles. The number of unbranched alkanes of at least 4 members (excludes halogenated alkanes) is 1. The number of benzene rings is 2. The van der Waals surface area contributed by atoms with Gasteiger partial charge in [-0.1, -0.05) is 61.9 Å². The van der Waals surface area contributed by atoms with Gasteiger partial charge >= 0.3 is 30.3 Å². The number of aliphatic carboxylic acids is 2. The van der Waals surface area contributed by atoms with E-state index in [0.717, 1.165) is 35.1 Å². The van der Waals surface area contributed by atoms with E-state index in [1.165, 1.54) is 0 Å². The van der Waals surface area contributed by atoms with Gasteiger partial charge in [-0.25, -0.2) is 14.4 Å². The Bertz CT molecular complexity index is 1450. The van der Waals surface area contributed by atoms with E-state index in [9.17, 15) is 31.1 Å². The molecule has 0 bridgehead atoms.